The van der Waals surface area contributed by atoms with E-state index in [9.17, 15) is 0 Å². The average Bonchev–Trinajstić information content (AvgIpc) is 3.17. The molecule has 1 aliphatic rings. The number of nitrogens with zero attached hydrogens (tertiary/aromatic N) is 4. The molecular weight excluding hydrogens is 333 g/mol. The summed E-state index contributed by atoms with van der Waals surface area (Å²) in [6, 6.07) is 0.487. The molecule has 1 aliphatic carbocycles. The first-order valence-corrected chi connectivity index (χ1v) is 7.91. The summed E-state index contributed by atoms with van der Waals surface area (Å²) in [5.41, 5.74) is 1.29. The second kappa shape index (κ2) is 8.47. The fourth-order valence-electron chi connectivity index (χ4n) is 1.83. The molecule has 3 rings (SSSR count). The van der Waals surface area contributed by atoms with E-state index >= 15 is 0 Å². The van der Waals surface area contributed by atoms with Gasteiger partial charge in [-0.1, -0.05) is 30.3 Å². The number of hydrogen-bond acceptors (Lipinski definition) is 5. The van der Waals surface area contributed by atoms with Crippen LogP contribution in [0.3, 0.4) is 0 Å². The van der Waals surface area contributed by atoms with Gasteiger partial charge in [0.25, 0.3) is 0 Å². The van der Waals surface area contributed by atoms with Gasteiger partial charge < -0.3 is 20.3 Å². The molecule has 2 heterocycles. The smallest absolute Gasteiger partial charge is 0.367 e. The Kier molecular flexibility index (Phi) is 6.89. The van der Waals surface area contributed by atoms with Crippen molar-refractivity contribution in [2.75, 3.05) is 5.32 Å². The summed E-state index contributed by atoms with van der Waals surface area (Å²) in [5.74, 6) is 7.27. The first-order valence-electron chi connectivity index (χ1n) is 7.09. The molecule has 5 nitrogen and oxygen atoms in total. The summed E-state index contributed by atoms with van der Waals surface area (Å²) in [6.45, 7) is 7.79. The second-order valence-electron chi connectivity index (χ2n) is 5.07. The van der Waals surface area contributed by atoms with Crippen LogP contribution in [0.5, 0.6) is 0 Å². The third kappa shape index (κ3) is 5.18. The van der Waals surface area contributed by atoms with E-state index in [0.717, 1.165) is 15.6 Å². The van der Waals surface area contributed by atoms with Crippen molar-refractivity contribution in [1.82, 2.24) is 19.9 Å². The molecule has 1 saturated carbocycles. The normalized spacial score (nSPS) is 13.9. The van der Waals surface area contributed by atoms with Crippen molar-refractivity contribution in [3.8, 4) is 11.8 Å². The predicted octanol–water partition coefficient (Wildman–Crippen LogP) is 0.0824. The SMILES string of the molecule is C=C(C)S/C(C#Cc1nc(NC2CC2)c2nc[n-]c2n1)=C\C.[K+]. The standard InChI is InChI=1S/C16H16N5S.K/c1-4-12(22-10(2)3)7-8-13-20-15-14(17-9-18-15)16(21-13)19-11-5-6-11;/h4,9,11H,2,5-6H2,1,3H3,(H-,17,18,19,20,21);/q-1;+1/b12-4-;. The van der Waals surface area contributed by atoms with Crippen molar-refractivity contribution in [3.63, 3.8) is 0 Å². The van der Waals surface area contributed by atoms with Gasteiger partial charge >= 0.3 is 51.4 Å². The van der Waals surface area contributed by atoms with Crippen molar-refractivity contribution in [1.29, 1.82) is 0 Å². The van der Waals surface area contributed by atoms with Gasteiger partial charge in [0.1, 0.15) is 11.6 Å². The quantitative estimate of drug-likeness (QED) is 0.623. The van der Waals surface area contributed by atoms with Crippen molar-refractivity contribution in [3.05, 3.63) is 34.6 Å². The maximum Gasteiger partial charge on any atom is 1.00 e. The van der Waals surface area contributed by atoms with Crippen LogP contribution in [0.15, 0.2) is 28.8 Å². The van der Waals surface area contributed by atoms with Gasteiger partial charge in [0.15, 0.2) is 0 Å². The van der Waals surface area contributed by atoms with Crippen LogP contribution in [-0.2, 0) is 0 Å². The van der Waals surface area contributed by atoms with Crippen LogP contribution < -0.4 is 61.7 Å². The van der Waals surface area contributed by atoms with Gasteiger partial charge in [0, 0.05) is 17.2 Å². The number of hydrogen-bond donors (Lipinski definition) is 1. The predicted molar refractivity (Wildman–Crippen MR) is 90.3 cm³/mol. The number of anilines is 1. The third-order valence-corrected chi connectivity index (χ3v) is 3.90. The van der Waals surface area contributed by atoms with Gasteiger partial charge in [-0.15, -0.1) is 0 Å². The molecule has 112 valence electrons. The minimum Gasteiger partial charge on any atom is -0.367 e. The molecule has 0 radical (unpaired) electrons. The van der Waals surface area contributed by atoms with Crippen LogP contribution >= 0.6 is 11.8 Å². The maximum atomic E-state index is 4.48. The average molecular weight is 350 g/mol. The minimum absolute atomic E-state index is 0. The van der Waals surface area contributed by atoms with Crippen molar-refractivity contribution >= 4 is 28.7 Å². The molecule has 0 unspecified atom stereocenters. The molecule has 0 aromatic carbocycles. The van der Waals surface area contributed by atoms with Crippen molar-refractivity contribution in [2.24, 2.45) is 0 Å². The van der Waals surface area contributed by atoms with Crippen LogP contribution in [0.2, 0.25) is 0 Å². The van der Waals surface area contributed by atoms with E-state index in [1.165, 1.54) is 19.2 Å². The third-order valence-electron chi connectivity index (χ3n) is 2.99. The molecule has 2 aromatic rings. The Morgan fingerprint density at radius 1 is 1.48 bits per heavy atom. The molecule has 0 bridgehead atoms. The van der Waals surface area contributed by atoms with E-state index in [0.29, 0.717) is 23.0 Å². The fraction of sp³-hybridized carbons (Fsp3) is 0.312. The van der Waals surface area contributed by atoms with Gasteiger partial charge in [-0.2, -0.15) is 0 Å². The Morgan fingerprint density at radius 3 is 2.91 bits per heavy atom. The van der Waals surface area contributed by atoms with E-state index in [1.54, 1.807) is 11.8 Å². The molecule has 23 heavy (non-hydrogen) atoms. The number of thioether (sulfide) groups is 1. The summed E-state index contributed by atoms with van der Waals surface area (Å²) in [7, 11) is 0. The first-order chi connectivity index (χ1) is 10.7. The summed E-state index contributed by atoms with van der Waals surface area (Å²) in [4.78, 5) is 19.1. The molecular formula is C16H16KN5S. The largest absolute Gasteiger partial charge is 1.00 e. The topological polar surface area (TPSA) is 64.8 Å². The van der Waals surface area contributed by atoms with Crippen LogP contribution in [-0.4, -0.2) is 21.0 Å². The van der Waals surface area contributed by atoms with Gasteiger partial charge in [0.05, 0.1) is 4.91 Å². The molecule has 0 atom stereocenters. The van der Waals surface area contributed by atoms with Gasteiger partial charge in [0.2, 0.25) is 0 Å². The van der Waals surface area contributed by atoms with Crippen LogP contribution in [0.4, 0.5) is 5.82 Å². The number of imidazole rings is 1. The second-order valence-corrected chi connectivity index (χ2v) is 6.41. The molecule has 1 fully saturated rings. The Labute approximate surface area is 182 Å². The zero-order valence-corrected chi connectivity index (χ0v) is 17.5. The van der Waals surface area contributed by atoms with Gasteiger partial charge in [-0.3, -0.25) is 0 Å². The number of nitrogens with one attached hydrogen (secondary N) is 1. The number of fused-ring (bicyclic) bond motifs is 1. The molecule has 0 spiro atoms. The van der Waals surface area contributed by atoms with Crippen LogP contribution in [0, 0.1) is 11.8 Å². The summed E-state index contributed by atoms with van der Waals surface area (Å²) < 4.78 is 0. The Morgan fingerprint density at radius 2 is 2.26 bits per heavy atom. The Balaban J connectivity index is 0.00000192. The van der Waals surface area contributed by atoms with Crippen LogP contribution in [0.1, 0.15) is 32.5 Å². The zero-order valence-electron chi connectivity index (χ0n) is 13.6. The van der Waals surface area contributed by atoms with Crippen molar-refractivity contribution in [2.45, 2.75) is 32.7 Å². The van der Waals surface area contributed by atoms with E-state index in [1.807, 2.05) is 19.9 Å². The molecule has 0 amide bonds. The first kappa shape index (κ1) is 18.7. The maximum absolute atomic E-state index is 4.48. The van der Waals surface area contributed by atoms with Gasteiger partial charge in [-0.05, 0) is 43.8 Å². The van der Waals surface area contributed by atoms with Crippen molar-refractivity contribution < 1.29 is 51.4 Å². The fourth-order valence-corrected chi connectivity index (χ4v) is 2.43. The number of aromatic nitrogens is 4. The molecule has 2 aromatic heterocycles. The summed E-state index contributed by atoms with van der Waals surface area (Å²) in [6.07, 6.45) is 5.79. The van der Waals surface area contributed by atoms with Gasteiger partial charge in [-0.25, -0.2) is 4.98 Å². The summed E-state index contributed by atoms with van der Waals surface area (Å²) >= 11 is 1.54. The van der Waals surface area contributed by atoms with E-state index in [4.69, 9.17) is 0 Å². The van der Waals surface area contributed by atoms with E-state index < -0.39 is 0 Å². The van der Waals surface area contributed by atoms with E-state index in [-0.39, 0.29) is 51.4 Å². The monoisotopic (exact) mass is 349 g/mol. The molecule has 0 aliphatic heterocycles. The molecule has 0 saturated heterocycles. The van der Waals surface area contributed by atoms with E-state index in [2.05, 4.69) is 43.7 Å². The number of rotatable bonds is 4. The number of allylic oxidation sites excluding steroid dienone is 3. The zero-order chi connectivity index (χ0) is 15.5. The minimum atomic E-state index is 0. The molecule has 7 heteroatoms. The Bertz CT molecular complexity index is 811. The Hall–Kier alpha value is -0.624. The molecule has 1 N–H and O–H groups in total. The summed E-state index contributed by atoms with van der Waals surface area (Å²) in [5, 5.41) is 3.36. The van der Waals surface area contributed by atoms with Crippen LogP contribution in [0.25, 0.3) is 11.2 Å².